The van der Waals surface area contributed by atoms with Gasteiger partial charge in [0.1, 0.15) is 0 Å². The van der Waals surface area contributed by atoms with Gasteiger partial charge in [0, 0.05) is 49.1 Å². The number of nitrogens with one attached hydrogen (secondary N) is 1. The monoisotopic (exact) mass is 579 g/mol. The van der Waals surface area contributed by atoms with E-state index in [1.807, 2.05) is 48.5 Å². The molecule has 9 heteroatoms. The van der Waals surface area contributed by atoms with E-state index in [0.29, 0.717) is 18.2 Å². The Morgan fingerprint density at radius 3 is 2.31 bits per heavy atom. The molecule has 2 aromatic carbocycles. The molecule has 5 atom stereocenters. The van der Waals surface area contributed by atoms with Gasteiger partial charge in [0.15, 0.2) is 6.29 Å². The molecule has 5 rings (SSSR count). The Labute approximate surface area is 248 Å². The second-order valence-electron chi connectivity index (χ2n) is 12.0. The quantitative estimate of drug-likeness (QED) is 0.331. The van der Waals surface area contributed by atoms with Gasteiger partial charge < -0.3 is 29.9 Å². The molecule has 3 N–H and O–H groups in total. The average molecular weight is 580 g/mol. The van der Waals surface area contributed by atoms with Crippen LogP contribution in [-0.4, -0.2) is 76.8 Å². The number of ether oxygens (including phenoxy) is 2. The number of amides is 1. The topological polar surface area (TPSA) is 112 Å². The van der Waals surface area contributed by atoms with Crippen molar-refractivity contribution in [1.82, 2.24) is 9.80 Å². The number of aliphatic hydroxyl groups is 1. The van der Waals surface area contributed by atoms with Crippen molar-refractivity contribution in [3.8, 4) is 0 Å². The summed E-state index contributed by atoms with van der Waals surface area (Å²) < 4.78 is 13.3. The zero-order valence-electron chi connectivity index (χ0n) is 24.6. The minimum absolute atomic E-state index is 0.00549. The van der Waals surface area contributed by atoms with Crippen molar-refractivity contribution in [2.24, 2.45) is 5.92 Å². The maximum atomic E-state index is 12.2. The zero-order valence-corrected chi connectivity index (χ0v) is 24.6. The highest BCUT2D eigenvalue weighted by Crippen LogP contribution is 2.42. The van der Waals surface area contributed by atoms with Gasteiger partial charge in [-0.15, -0.1) is 0 Å². The van der Waals surface area contributed by atoms with Gasteiger partial charge >= 0.3 is 5.97 Å². The second kappa shape index (κ2) is 14.6. The third kappa shape index (κ3) is 7.96. The normalized spacial score (nSPS) is 26.9. The smallest absolute Gasteiger partial charge is 0.303 e. The molecule has 0 bridgehead atoms. The molecule has 2 aromatic rings. The summed E-state index contributed by atoms with van der Waals surface area (Å²) in [4.78, 5) is 28.2. The molecule has 228 valence electrons. The molecule has 3 aliphatic rings. The van der Waals surface area contributed by atoms with Crippen LogP contribution in [0.4, 0.5) is 5.69 Å². The maximum Gasteiger partial charge on any atom is 0.303 e. The molecule has 0 spiro atoms. The summed E-state index contributed by atoms with van der Waals surface area (Å²) in [6.45, 7) is 7.72. The Morgan fingerprint density at radius 2 is 1.62 bits per heavy atom. The number of carbonyl (C=O) groups excluding carboxylic acids is 1. The Balaban J connectivity index is 1.29. The highest BCUT2D eigenvalue weighted by atomic mass is 16.7. The Hall–Kier alpha value is -2.82. The maximum absolute atomic E-state index is 12.2. The van der Waals surface area contributed by atoms with Crippen LogP contribution in [0.25, 0.3) is 0 Å². The summed E-state index contributed by atoms with van der Waals surface area (Å²) in [5.74, 6) is -0.982. The van der Waals surface area contributed by atoms with Gasteiger partial charge in [0.25, 0.3) is 0 Å². The summed E-state index contributed by atoms with van der Waals surface area (Å²) in [6.07, 6.45) is 4.73. The van der Waals surface area contributed by atoms with Crippen molar-refractivity contribution >= 4 is 17.6 Å². The Kier molecular flexibility index (Phi) is 10.6. The summed E-state index contributed by atoms with van der Waals surface area (Å²) in [5, 5.41) is 21.2. The first-order chi connectivity index (χ1) is 20.4. The van der Waals surface area contributed by atoms with Gasteiger partial charge in [0.05, 0.1) is 18.8 Å². The summed E-state index contributed by atoms with van der Waals surface area (Å²) in [6, 6.07) is 16.1. The van der Waals surface area contributed by atoms with Gasteiger partial charge in [-0.05, 0) is 75.0 Å². The molecular weight excluding hydrogens is 534 g/mol. The molecule has 0 saturated carbocycles. The number of hydrogen-bond acceptors (Lipinski definition) is 7. The van der Waals surface area contributed by atoms with Crippen molar-refractivity contribution in [3.05, 3.63) is 65.2 Å². The van der Waals surface area contributed by atoms with Crippen LogP contribution < -0.4 is 5.32 Å². The Morgan fingerprint density at radius 1 is 0.905 bits per heavy atom. The first kappa shape index (κ1) is 30.6. The molecular formula is C33H45N3O6. The van der Waals surface area contributed by atoms with Crippen LogP contribution >= 0.6 is 0 Å². The first-order valence-electron chi connectivity index (χ1n) is 15.5. The molecule has 1 amide bonds. The number of rotatable bonds is 12. The van der Waals surface area contributed by atoms with Crippen LogP contribution in [0.15, 0.2) is 48.5 Å². The van der Waals surface area contributed by atoms with Crippen molar-refractivity contribution in [2.75, 3.05) is 38.0 Å². The number of aliphatic carboxylic acids is 1. The number of carboxylic acids is 1. The van der Waals surface area contributed by atoms with E-state index in [1.165, 1.54) is 38.8 Å². The Bertz CT molecular complexity index is 1170. The van der Waals surface area contributed by atoms with Crippen LogP contribution in [-0.2, 0) is 25.7 Å². The summed E-state index contributed by atoms with van der Waals surface area (Å²) in [5.41, 5.74) is 3.47. The lowest BCUT2D eigenvalue weighted by molar-refractivity contribution is -0.276. The van der Waals surface area contributed by atoms with E-state index in [9.17, 15) is 14.7 Å². The van der Waals surface area contributed by atoms with E-state index in [4.69, 9.17) is 14.6 Å². The zero-order chi connectivity index (χ0) is 29.5. The molecule has 3 aliphatic heterocycles. The van der Waals surface area contributed by atoms with Crippen molar-refractivity contribution in [3.63, 3.8) is 0 Å². The standard InChI is InChI=1S/C33H45N3O6/c1-23-29(21-36-19-5-6-28(36)20-35-17-2-3-18-35)41-33(42-32(23)25-11-9-24(22-37)10-12-25)26-13-15-27(16-14-26)34-30(38)7-4-8-31(39)40/h9-16,23,28-29,32-33,37H,2-8,17-22H2,1H3,(H,34,38)(H,39,40). The number of aliphatic hydroxyl groups excluding tert-OH is 1. The number of hydrogen-bond donors (Lipinski definition) is 3. The molecule has 9 nitrogen and oxygen atoms in total. The lowest BCUT2D eigenvalue weighted by Gasteiger charge is -2.43. The van der Waals surface area contributed by atoms with Crippen LogP contribution in [0, 0.1) is 5.92 Å². The number of likely N-dealkylation sites (tertiary alicyclic amines) is 2. The van der Waals surface area contributed by atoms with E-state index in [0.717, 1.165) is 36.3 Å². The van der Waals surface area contributed by atoms with Crippen LogP contribution in [0.2, 0.25) is 0 Å². The van der Waals surface area contributed by atoms with E-state index in [-0.39, 0.29) is 43.5 Å². The van der Waals surface area contributed by atoms with Crippen molar-refractivity contribution in [1.29, 1.82) is 0 Å². The highest BCUT2D eigenvalue weighted by Gasteiger charge is 2.40. The van der Waals surface area contributed by atoms with Gasteiger partial charge in [-0.3, -0.25) is 14.5 Å². The number of benzene rings is 2. The van der Waals surface area contributed by atoms with Crippen LogP contribution in [0.3, 0.4) is 0 Å². The third-order valence-electron chi connectivity index (χ3n) is 8.97. The molecule has 0 aliphatic carbocycles. The van der Waals surface area contributed by atoms with Gasteiger partial charge in [-0.2, -0.15) is 0 Å². The molecule has 0 aromatic heterocycles. The van der Waals surface area contributed by atoms with Crippen molar-refractivity contribution < 1.29 is 29.3 Å². The van der Waals surface area contributed by atoms with E-state index in [1.54, 1.807) is 0 Å². The lowest BCUT2D eigenvalue weighted by Crippen LogP contribution is -2.48. The SMILES string of the molecule is CC1C(CN2CCCC2CN2CCCC2)OC(c2ccc(NC(=O)CCCC(=O)O)cc2)OC1c1ccc(CO)cc1. The predicted octanol–water partition coefficient (Wildman–Crippen LogP) is 4.72. The molecule has 42 heavy (non-hydrogen) atoms. The second-order valence-corrected chi connectivity index (χ2v) is 12.0. The molecule has 3 heterocycles. The minimum atomic E-state index is -0.901. The van der Waals surface area contributed by atoms with Crippen LogP contribution in [0.1, 0.15) is 81.0 Å². The average Bonchev–Trinajstić information content (AvgIpc) is 3.67. The molecule has 3 saturated heterocycles. The largest absolute Gasteiger partial charge is 0.481 e. The molecule has 0 radical (unpaired) electrons. The fourth-order valence-electron chi connectivity index (χ4n) is 6.51. The first-order valence-corrected chi connectivity index (χ1v) is 15.5. The van der Waals surface area contributed by atoms with Gasteiger partial charge in [-0.25, -0.2) is 0 Å². The summed E-state index contributed by atoms with van der Waals surface area (Å²) in [7, 11) is 0. The van der Waals surface area contributed by atoms with Gasteiger partial charge in [0.2, 0.25) is 5.91 Å². The number of carbonyl (C=O) groups is 2. The molecule has 3 fully saturated rings. The van der Waals surface area contributed by atoms with Crippen LogP contribution in [0.5, 0.6) is 0 Å². The van der Waals surface area contributed by atoms with Gasteiger partial charge in [-0.1, -0.05) is 43.3 Å². The lowest BCUT2D eigenvalue weighted by atomic mass is 9.90. The van der Waals surface area contributed by atoms with E-state index in [2.05, 4.69) is 22.0 Å². The third-order valence-corrected chi connectivity index (χ3v) is 8.97. The fourth-order valence-corrected chi connectivity index (χ4v) is 6.51. The van der Waals surface area contributed by atoms with E-state index >= 15 is 0 Å². The number of carboxylic acid groups (broad SMARTS) is 1. The van der Waals surface area contributed by atoms with E-state index < -0.39 is 12.3 Å². The predicted molar refractivity (Wildman–Crippen MR) is 160 cm³/mol. The van der Waals surface area contributed by atoms with Crippen molar-refractivity contribution in [2.45, 2.75) is 83.0 Å². The minimum Gasteiger partial charge on any atom is -0.481 e. The summed E-state index contributed by atoms with van der Waals surface area (Å²) >= 11 is 0. The highest BCUT2D eigenvalue weighted by molar-refractivity contribution is 5.90. The molecule has 5 unspecified atom stereocenters. The number of anilines is 1. The number of nitrogens with zero attached hydrogens (tertiary/aromatic N) is 2. The fraction of sp³-hybridized carbons (Fsp3) is 0.576.